The Kier molecular flexibility index (Phi) is 5.57. The molecule has 2 N–H and O–H groups in total. The Labute approximate surface area is 134 Å². The number of sulfonamides is 1. The largest absolute Gasteiger partial charge is 0.469 e. The molecule has 120 valence electrons. The lowest BCUT2D eigenvalue weighted by Gasteiger charge is -2.06. The summed E-state index contributed by atoms with van der Waals surface area (Å²) in [5, 5.41) is 2.74. The Morgan fingerprint density at radius 3 is 2.57 bits per heavy atom. The van der Waals surface area contributed by atoms with Crippen molar-refractivity contribution < 1.29 is 17.6 Å². The summed E-state index contributed by atoms with van der Waals surface area (Å²) < 4.78 is 31.1. The fourth-order valence-electron chi connectivity index (χ4n) is 1.86. The van der Waals surface area contributed by atoms with Gasteiger partial charge in [0.1, 0.15) is 5.76 Å². The highest BCUT2D eigenvalue weighted by molar-refractivity contribution is 7.89. The molecule has 0 saturated carbocycles. The van der Waals surface area contributed by atoms with Crippen molar-refractivity contribution in [3.63, 3.8) is 0 Å². The van der Waals surface area contributed by atoms with Gasteiger partial charge in [-0.1, -0.05) is 5.92 Å². The molecule has 23 heavy (non-hydrogen) atoms. The van der Waals surface area contributed by atoms with Crippen molar-refractivity contribution >= 4 is 15.9 Å². The molecule has 0 bridgehead atoms. The number of rotatable bonds is 7. The van der Waals surface area contributed by atoms with Crippen LogP contribution in [0, 0.1) is 12.3 Å². The fourth-order valence-corrected chi connectivity index (χ4v) is 2.80. The summed E-state index contributed by atoms with van der Waals surface area (Å²) in [6, 6.07) is 9.24. The first-order valence-corrected chi connectivity index (χ1v) is 8.35. The fraction of sp³-hybridized carbons (Fsp3) is 0.188. The molecular weight excluding hydrogens is 316 g/mol. The summed E-state index contributed by atoms with van der Waals surface area (Å²) >= 11 is 0. The summed E-state index contributed by atoms with van der Waals surface area (Å²) in [4.78, 5) is 12.0. The predicted octanol–water partition coefficient (Wildman–Crippen LogP) is 1.16. The van der Waals surface area contributed by atoms with Crippen LogP contribution in [0.2, 0.25) is 0 Å². The lowest BCUT2D eigenvalue weighted by molar-refractivity contribution is 0.0953. The molecule has 7 heteroatoms. The van der Waals surface area contributed by atoms with Crippen LogP contribution in [0.25, 0.3) is 0 Å². The molecular formula is C16H16N2O4S. The lowest BCUT2D eigenvalue weighted by Crippen LogP contribution is -2.26. The summed E-state index contributed by atoms with van der Waals surface area (Å²) in [5.74, 6) is 2.70. The summed E-state index contributed by atoms with van der Waals surface area (Å²) in [6.07, 6.45) is 7.18. The molecule has 2 rings (SSSR count). The number of terminal acetylenes is 1. The van der Waals surface area contributed by atoms with Gasteiger partial charge in [-0.05, 0) is 36.4 Å². The Morgan fingerprint density at radius 2 is 1.96 bits per heavy atom. The zero-order chi connectivity index (χ0) is 16.7. The average Bonchev–Trinajstić information content (AvgIpc) is 3.06. The Balaban J connectivity index is 1.93. The summed E-state index contributed by atoms with van der Waals surface area (Å²) in [5.41, 5.74) is 0.375. The number of carbonyl (C=O) groups is 1. The number of amides is 1. The standard InChI is InChI=1S/C16H16N2O4S/c1-2-10-18-23(20,21)15-7-5-13(6-8-15)16(19)17-11-9-14-4-3-12-22-14/h1,3-8,12,18H,9-11H2,(H,17,19). The second kappa shape index (κ2) is 7.63. The van der Waals surface area contributed by atoms with Crippen molar-refractivity contribution in [3.05, 3.63) is 54.0 Å². The van der Waals surface area contributed by atoms with Gasteiger partial charge in [-0.2, -0.15) is 4.72 Å². The van der Waals surface area contributed by atoms with Crippen LogP contribution in [0.1, 0.15) is 16.1 Å². The molecule has 0 unspecified atom stereocenters. The molecule has 0 aliphatic heterocycles. The number of hydrogen-bond acceptors (Lipinski definition) is 4. The molecule has 0 fully saturated rings. The number of carbonyl (C=O) groups excluding carboxylic acids is 1. The van der Waals surface area contributed by atoms with Crippen LogP contribution >= 0.6 is 0 Å². The average molecular weight is 332 g/mol. The van der Waals surface area contributed by atoms with Crippen molar-refractivity contribution in [1.29, 1.82) is 0 Å². The zero-order valence-electron chi connectivity index (χ0n) is 12.3. The van der Waals surface area contributed by atoms with Crippen LogP contribution in [0.4, 0.5) is 0 Å². The Bertz CT molecular complexity index is 788. The van der Waals surface area contributed by atoms with E-state index in [0.29, 0.717) is 18.5 Å². The van der Waals surface area contributed by atoms with Gasteiger partial charge in [0.25, 0.3) is 5.91 Å². The van der Waals surface area contributed by atoms with E-state index >= 15 is 0 Å². The van der Waals surface area contributed by atoms with Crippen LogP contribution in [0.3, 0.4) is 0 Å². The maximum absolute atomic E-state index is 12.0. The minimum atomic E-state index is -3.65. The monoisotopic (exact) mass is 332 g/mol. The van der Waals surface area contributed by atoms with E-state index < -0.39 is 10.0 Å². The topological polar surface area (TPSA) is 88.4 Å². The maximum atomic E-state index is 12.0. The molecule has 0 spiro atoms. The normalized spacial score (nSPS) is 10.9. The van der Waals surface area contributed by atoms with E-state index in [0.717, 1.165) is 5.76 Å². The first kappa shape index (κ1) is 16.8. The summed E-state index contributed by atoms with van der Waals surface area (Å²) in [6.45, 7) is 0.341. The van der Waals surface area contributed by atoms with E-state index in [1.807, 2.05) is 6.07 Å². The number of furan rings is 1. The SMILES string of the molecule is C#CCNS(=O)(=O)c1ccc(C(=O)NCCc2ccco2)cc1. The number of nitrogens with one attached hydrogen (secondary N) is 2. The second-order valence-corrected chi connectivity index (χ2v) is 6.41. The third-order valence-corrected chi connectivity index (χ3v) is 4.45. The van der Waals surface area contributed by atoms with Crippen molar-refractivity contribution in [1.82, 2.24) is 10.0 Å². The van der Waals surface area contributed by atoms with E-state index in [4.69, 9.17) is 10.8 Å². The molecule has 0 atom stereocenters. The zero-order valence-corrected chi connectivity index (χ0v) is 13.1. The van der Waals surface area contributed by atoms with Crippen LogP contribution in [0.5, 0.6) is 0 Å². The molecule has 1 amide bonds. The minimum Gasteiger partial charge on any atom is -0.469 e. The highest BCUT2D eigenvalue weighted by Crippen LogP contribution is 2.10. The highest BCUT2D eigenvalue weighted by atomic mass is 32.2. The molecule has 1 aromatic carbocycles. The van der Waals surface area contributed by atoms with Gasteiger partial charge >= 0.3 is 0 Å². The van der Waals surface area contributed by atoms with E-state index in [9.17, 15) is 13.2 Å². The van der Waals surface area contributed by atoms with Gasteiger partial charge in [-0.3, -0.25) is 4.79 Å². The Hall–Kier alpha value is -2.56. The van der Waals surface area contributed by atoms with E-state index in [1.54, 1.807) is 12.3 Å². The molecule has 0 aliphatic carbocycles. The first-order valence-electron chi connectivity index (χ1n) is 6.87. The minimum absolute atomic E-state index is 0.0554. The smallest absolute Gasteiger partial charge is 0.251 e. The Morgan fingerprint density at radius 1 is 1.22 bits per heavy atom. The molecule has 0 aliphatic rings. The molecule has 6 nitrogen and oxygen atoms in total. The van der Waals surface area contributed by atoms with Crippen molar-refractivity contribution in [2.45, 2.75) is 11.3 Å². The summed E-state index contributed by atoms with van der Waals surface area (Å²) in [7, 11) is -3.65. The molecule has 2 aromatic rings. The molecule has 0 radical (unpaired) electrons. The van der Waals surface area contributed by atoms with Crippen molar-refractivity contribution in [2.24, 2.45) is 0 Å². The molecule has 0 saturated heterocycles. The lowest BCUT2D eigenvalue weighted by atomic mass is 10.2. The van der Waals surface area contributed by atoms with Crippen LogP contribution in [0.15, 0.2) is 52.0 Å². The molecule has 1 aromatic heterocycles. The van der Waals surface area contributed by atoms with Gasteiger partial charge in [0.15, 0.2) is 0 Å². The number of hydrogen-bond donors (Lipinski definition) is 2. The van der Waals surface area contributed by atoms with Gasteiger partial charge in [0, 0.05) is 18.5 Å². The van der Waals surface area contributed by atoms with E-state index in [2.05, 4.69) is 16.0 Å². The van der Waals surface area contributed by atoms with Gasteiger partial charge in [0.05, 0.1) is 17.7 Å². The second-order valence-electron chi connectivity index (χ2n) is 4.64. The van der Waals surface area contributed by atoms with Crippen LogP contribution < -0.4 is 10.0 Å². The number of benzene rings is 1. The quantitative estimate of drug-likeness (QED) is 0.745. The van der Waals surface area contributed by atoms with Gasteiger partial charge in [0.2, 0.25) is 10.0 Å². The van der Waals surface area contributed by atoms with E-state index in [-0.39, 0.29) is 17.3 Å². The van der Waals surface area contributed by atoms with Gasteiger partial charge in [-0.25, -0.2) is 8.42 Å². The van der Waals surface area contributed by atoms with E-state index in [1.165, 1.54) is 24.3 Å². The highest BCUT2D eigenvalue weighted by Gasteiger charge is 2.14. The van der Waals surface area contributed by atoms with Gasteiger partial charge in [-0.15, -0.1) is 6.42 Å². The van der Waals surface area contributed by atoms with Crippen molar-refractivity contribution in [3.8, 4) is 12.3 Å². The third-order valence-electron chi connectivity index (χ3n) is 3.03. The third kappa shape index (κ3) is 4.71. The van der Waals surface area contributed by atoms with Crippen LogP contribution in [-0.4, -0.2) is 27.4 Å². The van der Waals surface area contributed by atoms with Gasteiger partial charge < -0.3 is 9.73 Å². The van der Waals surface area contributed by atoms with Crippen molar-refractivity contribution in [2.75, 3.05) is 13.1 Å². The maximum Gasteiger partial charge on any atom is 0.251 e. The molecule has 1 heterocycles. The first-order chi connectivity index (χ1) is 11.0. The van der Waals surface area contributed by atoms with Crippen LogP contribution in [-0.2, 0) is 16.4 Å². The predicted molar refractivity (Wildman–Crippen MR) is 85.2 cm³/mol.